The maximum atomic E-state index is 10.5. The van der Waals surface area contributed by atoms with Gasteiger partial charge in [0.1, 0.15) is 5.25 Å². The monoisotopic (exact) mass is 178 g/mol. The molecule has 1 fully saturated rings. The van der Waals surface area contributed by atoms with Crippen LogP contribution in [0.25, 0.3) is 0 Å². The molecule has 2 nitrogen and oxygen atoms in total. The van der Waals surface area contributed by atoms with Crippen molar-refractivity contribution < 1.29 is 9.90 Å². The summed E-state index contributed by atoms with van der Waals surface area (Å²) in [5.74, 6) is 0.0653. The normalized spacial score (nSPS) is 30.4. The highest BCUT2D eigenvalue weighted by atomic mass is 32.2. The predicted octanol–water partition coefficient (Wildman–Crippen LogP) is 1.66. The molecule has 0 aromatic heterocycles. The Morgan fingerprint density at radius 1 is 1.70 bits per heavy atom. The lowest BCUT2D eigenvalue weighted by atomic mass is 10.5. The predicted molar refractivity (Wildman–Crippen MR) is 45.6 cm³/mol. The smallest absolute Gasteiger partial charge is 0.317 e. The number of carboxylic acid groups (broad SMARTS) is 1. The molecule has 4 heteroatoms. The zero-order valence-electron chi connectivity index (χ0n) is 5.96. The molecular formula is C6H10O2S2. The fourth-order valence-electron chi connectivity index (χ4n) is 0.809. The van der Waals surface area contributed by atoms with Crippen LogP contribution in [0.5, 0.6) is 0 Å². The van der Waals surface area contributed by atoms with Gasteiger partial charge in [-0.3, -0.25) is 4.79 Å². The van der Waals surface area contributed by atoms with Gasteiger partial charge in [0.2, 0.25) is 0 Å². The molecule has 0 bridgehead atoms. The molecule has 1 aliphatic rings. The fraction of sp³-hybridized carbons (Fsp3) is 0.833. The van der Waals surface area contributed by atoms with Crippen molar-refractivity contribution >= 4 is 29.5 Å². The Hall–Kier alpha value is 0.170. The number of carbonyl (C=O) groups is 1. The molecular weight excluding hydrogens is 168 g/mol. The first-order valence-corrected chi connectivity index (χ1v) is 4.92. The van der Waals surface area contributed by atoms with Crippen molar-refractivity contribution in [2.45, 2.75) is 23.2 Å². The van der Waals surface area contributed by atoms with Crippen molar-refractivity contribution in [1.82, 2.24) is 0 Å². The second-order valence-electron chi connectivity index (χ2n) is 2.66. The average molecular weight is 178 g/mol. The lowest BCUT2D eigenvalue weighted by Gasteiger charge is -2.13. The minimum Gasteiger partial charge on any atom is -0.480 e. The van der Waals surface area contributed by atoms with E-state index < -0.39 is 5.97 Å². The van der Waals surface area contributed by atoms with E-state index in [4.69, 9.17) is 5.11 Å². The van der Waals surface area contributed by atoms with Crippen molar-refractivity contribution in [2.24, 2.45) is 0 Å². The van der Waals surface area contributed by atoms with Gasteiger partial charge < -0.3 is 5.11 Å². The third-order valence-corrected chi connectivity index (χ3v) is 4.55. The Kier molecular flexibility index (Phi) is 2.20. The summed E-state index contributed by atoms with van der Waals surface area (Å²) in [5, 5.41) is 8.42. The Labute approximate surface area is 68.8 Å². The van der Waals surface area contributed by atoms with Crippen molar-refractivity contribution in [2.75, 3.05) is 5.75 Å². The second kappa shape index (κ2) is 2.66. The summed E-state index contributed by atoms with van der Waals surface area (Å²) in [5.41, 5.74) is 0. The summed E-state index contributed by atoms with van der Waals surface area (Å²) in [7, 11) is 0. The summed E-state index contributed by atoms with van der Waals surface area (Å²) in [6.07, 6.45) is 0. The van der Waals surface area contributed by atoms with Gasteiger partial charge in [0.05, 0.1) is 4.08 Å². The molecule has 0 aromatic rings. The van der Waals surface area contributed by atoms with E-state index in [0.717, 1.165) is 5.75 Å². The molecule has 1 aliphatic heterocycles. The highest BCUT2D eigenvalue weighted by Crippen LogP contribution is 2.47. The summed E-state index contributed by atoms with van der Waals surface area (Å²) in [4.78, 5) is 10.5. The zero-order valence-corrected chi connectivity index (χ0v) is 7.59. The largest absolute Gasteiger partial charge is 0.480 e. The third kappa shape index (κ3) is 1.83. The Morgan fingerprint density at radius 3 is 2.50 bits per heavy atom. The lowest BCUT2D eigenvalue weighted by Crippen LogP contribution is -2.16. The number of carboxylic acids is 1. The molecule has 10 heavy (non-hydrogen) atoms. The Balaban J connectivity index is 2.51. The van der Waals surface area contributed by atoms with Crippen LogP contribution >= 0.6 is 23.5 Å². The molecule has 0 spiro atoms. The first kappa shape index (κ1) is 8.27. The summed E-state index contributed by atoms with van der Waals surface area (Å²) in [6, 6.07) is 0. The number of rotatable bonds is 1. The lowest BCUT2D eigenvalue weighted by molar-refractivity contribution is -0.135. The SMILES string of the molecule is CC1(C)SCC(C(=O)O)S1. The molecule has 0 aromatic carbocycles. The third-order valence-electron chi connectivity index (χ3n) is 1.28. The molecule has 1 atom stereocenters. The van der Waals surface area contributed by atoms with E-state index in [9.17, 15) is 4.79 Å². The standard InChI is InChI=1S/C6H10O2S2/c1-6(2)9-3-4(10-6)5(7)8/h4H,3H2,1-2H3,(H,7,8). The fourth-order valence-corrected chi connectivity index (χ4v) is 3.59. The van der Waals surface area contributed by atoms with Crippen LogP contribution in [-0.4, -0.2) is 26.2 Å². The molecule has 1 heterocycles. The molecule has 0 saturated carbocycles. The molecule has 0 radical (unpaired) electrons. The van der Waals surface area contributed by atoms with Gasteiger partial charge in [0.15, 0.2) is 0 Å². The Morgan fingerprint density at radius 2 is 2.30 bits per heavy atom. The molecule has 1 unspecified atom stereocenters. The first-order valence-electron chi connectivity index (χ1n) is 3.06. The zero-order chi connectivity index (χ0) is 7.78. The minimum absolute atomic E-state index is 0.100. The minimum atomic E-state index is -0.678. The van der Waals surface area contributed by atoms with Crippen molar-refractivity contribution in [3.8, 4) is 0 Å². The van der Waals surface area contributed by atoms with Crippen LogP contribution in [0.15, 0.2) is 0 Å². The summed E-state index contributed by atoms with van der Waals surface area (Å²) < 4.78 is 0.100. The quantitative estimate of drug-likeness (QED) is 0.662. The maximum Gasteiger partial charge on any atom is 0.317 e. The maximum absolute atomic E-state index is 10.5. The van der Waals surface area contributed by atoms with E-state index >= 15 is 0 Å². The topological polar surface area (TPSA) is 37.3 Å². The van der Waals surface area contributed by atoms with Gasteiger partial charge in [-0.25, -0.2) is 0 Å². The molecule has 0 aliphatic carbocycles. The van der Waals surface area contributed by atoms with Crippen LogP contribution in [0.4, 0.5) is 0 Å². The summed E-state index contributed by atoms with van der Waals surface area (Å²) >= 11 is 3.26. The van der Waals surface area contributed by atoms with Crippen LogP contribution in [0.3, 0.4) is 0 Å². The number of aliphatic carboxylic acids is 1. The van der Waals surface area contributed by atoms with Crippen molar-refractivity contribution in [3.63, 3.8) is 0 Å². The summed E-state index contributed by atoms with van der Waals surface area (Å²) in [6.45, 7) is 4.12. The van der Waals surface area contributed by atoms with Gasteiger partial charge in [0.25, 0.3) is 0 Å². The number of hydrogen-bond donors (Lipinski definition) is 1. The molecule has 0 amide bonds. The molecule has 58 valence electrons. The van der Waals surface area contributed by atoms with Crippen molar-refractivity contribution in [1.29, 1.82) is 0 Å². The first-order chi connectivity index (χ1) is 4.51. The highest BCUT2D eigenvalue weighted by Gasteiger charge is 2.36. The van der Waals surface area contributed by atoms with E-state index in [2.05, 4.69) is 13.8 Å². The van der Waals surface area contributed by atoms with E-state index in [1.165, 1.54) is 11.8 Å². The Bertz CT molecular complexity index is 156. The van der Waals surface area contributed by atoms with Gasteiger partial charge >= 0.3 is 5.97 Å². The van der Waals surface area contributed by atoms with E-state index in [1.807, 2.05) is 0 Å². The van der Waals surface area contributed by atoms with Crippen molar-refractivity contribution in [3.05, 3.63) is 0 Å². The number of hydrogen-bond acceptors (Lipinski definition) is 3. The van der Waals surface area contributed by atoms with E-state index in [1.54, 1.807) is 11.8 Å². The molecule has 1 saturated heterocycles. The van der Waals surface area contributed by atoms with Gasteiger partial charge in [-0.05, 0) is 13.8 Å². The highest BCUT2D eigenvalue weighted by molar-refractivity contribution is 8.22. The molecule has 1 N–H and O–H groups in total. The van der Waals surface area contributed by atoms with Gasteiger partial charge in [-0.15, -0.1) is 23.5 Å². The second-order valence-corrected chi connectivity index (χ2v) is 6.38. The van der Waals surface area contributed by atoms with Gasteiger partial charge in [-0.1, -0.05) is 0 Å². The van der Waals surface area contributed by atoms with Gasteiger partial charge in [-0.2, -0.15) is 0 Å². The van der Waals surface area contributed by atoms with E-state index in [-0.39, 0.29) is 9.33 Å². The van der Waals surface area contributed by atoms with Crippen LogP contribution in [0.1, 0.15) is 13.8 Å². The van der Waals surface area contributed by atoms with E-state index in [0.29, 0.717) is 0 Å². The van der Waals surface area contributed by atoms with Crippen LogP contribution in [0.2, 0.25) is 0 Å². The van der Waals surface area contributed by atoms with Crippen LogP contribution < -0.4 is 0 Å². The number of thioether (sulfide) groups is 2. The van der Waals surface area contributed by atoms with Gasteiger partial charge in [0, 0.05) is 5.75 Å². The van der Waals surface area contributed by atoms with Crippen LogP contribution in [-0.2, 0) is 4.79 Å². The van der Waals surface area contributed by atoms with Crippen LogP contribution in [0, 0.1) is 0 Å². The molecule has 1 rings (SSSR count). The average Bonchev–Trinajstić information content (AvgIpc) is 2.10.